The zero-order chi connectivity index (χ0) is 23.5. The van der Waals surface area contributed by atoms with Crippen LogP contribution < -0.4 is 0 Å². The summed E-state index contributed by atoms with van der Waals surface area (Å²) in [6, 6.07) is 3.58. The fourth-order valence-corrected chi connectivity index (χ4v) is 5.44. The third-order valence-electron chi connectivity index (χ3n) is 7.68. The Labute approximate surface area is 200 Å². The van der Waals surface area contributed by atoms with Crippen molar-refractivity contribution in [3.63, 3.8) is 0 Å². The molecule has 1 atom stereocenters. The molecule has 2 aliphatic rings. The first kappa shape index (κ1) is 26.1. The number of rotatable bonds is 12. The number of benzene rings is 1. The number of allylic oxidation sites excluding steroid dienone is 3. The summed E-state index contributed by atoms with van der Waals surface area (Å²) in [5.41, 5.74) is 1.89. The molecule has 0 bridgehead atoms. The summed E-state index contributed by atoms with van der Waals surface area (Å²) in [7, 11) is 0. The van der Waals surface area contributed by atoms with Crippen LogP contribution in [-0.4, -0.2) is 12.7 Å². The van der Waals surface area contributed by atoms with E-state index >= 15 is 0 Å². The van der Waals surface area contributed by atoms with Crippen molar-refractivity contribution in [2.24, 2.45) is 11.8 Å². The third kappa shape index (κ3) is 8.05. The van der Waals surface area contributed by atoms with E-state index in [-0.39, 0.29) is 6.10 Å². The Morgan fingerprint density at radius 1 is 0.970 bits per heavy atom. The minimum absolute atomic E-state index is 0.215. The molecule has 0 saturated heterocycles. The van der Waals surface area contributed by atoms with Gasteiger partial charge in [-0.15, -0.1) is 0 Å². The van der Waals surface area contributed by atoms with Crippen LogP contribution in [0.4, 0.5) is 8.78 Å². The number of hydrogen-bond donors (Lipinski definition) is 0. The van der Waals surface area contributed by atoms with Crippen LogP contribution in [-0.2, 0) is 11.2 Å². The van der Waals surface area contributed by atoms with Gasteiger partial charge in [-0.25, -0.2) is 8.78 Å². The Morgan fingerprint density at radius 2 is 1.76 bits per heavy atom. The first-order chi connectivity index (χ1) is 16.1. The van der Waals surface area contributed by atoms with E-state index in [9.17, 15) is 8.78 Å². The van der Waals surface area contributed by atoms with E-state index in [1.807, 2.05) is 0 Å². The minimum Gasteiger partial charge on any atom is -0.378 e. The van der Waals surface area contributed by atoms with E-state index in [4.69, 9.17) is 4.74 Å². The van der Waals surface area contributed by atoms with Crippen molar-refractivity contribution in [1.29, 1.82) is 0 Å². The SMILES string of the molecule is C/C=C/CCC1CCC(COC2CC=C(c3ccc(CCCCCC)c(F)c3F)CC2)CC1. The Bertz CT molecular complexity index is 774. The predicted octanol–water partition coefficient (Wildman–Crippen LogP) is 9.20. The number of unbranched alkanes of at least 4 members (excludes halogenated alkanes) is 3. The molecule has 1 saturated carbocycles. The maximum Gasteiger partial charge on any atom is 0.166 e. The molecule has 3 heteroatoms. The maximum atomic E-state index is 14.8. The van der Waals surface area contributed by atoms with Gasteiger partial charge in [0, 0.05) is 12.2 Å². The van der Waals surface area contributed by atoms with Gasteiger partial charge in [-0.3, -0.25) is 0 Å². The highest BCUT2D eigenvalue weighted by molar-refractivity contribution is 5.67. The average Bonchev–Trinajstić information content (AvgIpc) is 2.84. The van der Waals surface area contributed by atoms with Gasteiger partial charge in [0.15, 0.2) is 11.6 Å². The Hall–Kier alpha value is -1.48. The molecule has 1 unspecified atom stereocenters. The smallest absolute Gasteiger partial charge is 0.166 e. The minimum atomic E-state index is -0.667. The molecule has 1 fully saturated rings. The van der Waals surface area contributed by atoms with Crippen LogP contribution >= 0.6 is 0 Å². The molecule has 0 amide bonds. The lowest BCUT2D eigenvalue weighted by Gasteiger charge is -2.30. The summed E-state index contributed by atoms with van der Waals surface area (Å²) in [4.78, 5) is 0. The molecular formula is C30H44F2O. The molecular weight excluding hydrogens is 414 g/mol. The summed E-state index contributed by atoms with van der Waals surface area (Å²) in [5, 5.41) is 0. The Morgan fingerprint density at radius 3 is 2.45 bits per heavy atom. The summed E-state index contributed by atoms with van der Waals surface area (Å²) >= 11 is 0. The average molecular weight is 459 g/mol. The zero-order valence-electron chi connectivity index (χ0n) is 20.9. The highest BCUT2D eigenvalue weighted by Gasteiger charge is 2.24. The lowest BCUT2D eigenvalue weighted by atomic mass is 9.80. The van der Waals surface area contributed by atoms with Crippen LogP contribution in [0.25, 0.3) is 5.57 Å². The van der Waals surface area contributed by atoms with Crippen LogP contribution in [0.5, 0.6) is 0 Å². The van der Waals surface area contributed by atoms with Crippen molar-refractivity contribution in [2.75, 3.05) is 6.61 Å². The van der Waals surface area contributed by atoms with Gasteiger partial charge in [-0.05, 0) is 87.7 Å². The largest absolute Gasteiger partial charge is 0.378 e. The number of halogens is 2. The van der Waals surface area contributed by atoms with E-state index in [1.54, 1.807) is 12.1 Å². The second kappa shape index (κ2) is 14.0. The van der Waals surface area contributed by atoms with Gasteiger partial charge < -0.3 is 4.74 Å². The second-order valence-electron chi connectivity index (χ2n) is 10.2. The second-order valence-corrected chi connectivity index (χ2v) is 10.2. The number of ether oxygens (including phenoxy) is 1. The molecule has 1 aromatic carbocycles. The summed E-state index contributed by atoms with van der Waals surface area (Å²) in [6.45, 7) is 5.10. The van der Waals surface area contributed by atoms with E-state index in [1.165, 1.54) is 38.5 Å². The molecule has 0 N–H and O–H groups in total. The molecule has 2 aliphatic carbocycles. The van der Waals surface area contributed by atoms with Crippen molar-refractivity contribution in [3.8, 4) is 0 Å². The molecule has 0 radical (unpaired) electrons. The van der Waals surface area contributed by atoms with Gasteiger partial charge in [-0.2, -0.15) is 0 Å². The van der Waals surface area contributed by atoms with Crippen LogP contribution in [0.1, 0.15) is 108 Å². The van der Waals surface area contributed by atoms with Crippen LogP contribution in [0.3, 0.4) is 0 Å². The van der Waals surface area contributed by atoms with Crippen molar-refractivity contribution >= 4 is 5.57 Å². The topological polar surface area (TPSA) is 9.23 Å². The predicted molar refractivity (Wildman–Crippen MR) is 135 cm³/mol. The highest BCUT2D eigenvalue weighted by Crippen LogP contribution is 2.34. The van der Waals surface area contributed by atoms with Crippen LogP contribution in [0, 0.1) is 23.5 Å². The van der Waals surface area contributed by atoms with Gasteiger partial charge in [0.1, 0.15) is 0 Å². The van der Waals surface area contributed by atoms with Gasteiger partial charge in [-0.1, -0.05) is 69.4 Å². The zero-order valence-corrected chi connectivity index (χ0v) is 20.9. The standard InChI is InChI=1S/C30H44F2O/c1-3-5-7-9-11-26-18-21-28(30(32)29(26)31)25-16-19-27(20-17-25)33-22-24-14-12-23(13-15-24)10-8-6-4-2/h4,6,16,18,21,23-24,27H,3,5,7-15,17,19-20,22H2,1-2H3/b6-4+. The van der Waals surface area contributed by atoms with Crippen molar-refractivity contribution in [3.05, 3.63) is 53.1 Å². The Kier molecular flexibility index (Phi) is 11.1. The number of hydrogen-bond acceptors (Lipinski definition) is 1. The lowest BCUT2D eigenvalue weighted by molar-refractivity contribution is 0.0131. The van der Waals surface area contributed by atoms with E-state index < -0.39 is 11.6 Å². The first-order valence-electron chi connectivity index (χ1n) is 13.5. The molecule has 1 nitrogen and oxygen atoms in total. The van der Waals surface area contributed by atoms with Gasteiger partial charge in [0.05, 0.1) is 6.10 Å². The molecule has 0 spiro atoms. The quantitative estimate of drug-likeness (QED) is 0.224. The van der Waals surface area contributed by atoms with Gasteiger partial charge in [0.2, 0.25) is 0 Å². The van der Waals surface area contributed by atoms with E-state index in [2.05, 4.69) is 32.1 Å². The Balaban J connectivity index is 1.43. The molecule has 0 heterocycles. The molecule has 3 rings (SSSR count). The van der Waals surface area contributed by atoms with E-state index in [0.29, 0.717) is 23.5 Å². The molecule has 184 valence electrons. The monoisotopic (exact) mass is 458 g/mol. The molecule has 1 aromatic rings. The van der Waals surface area contributed by atoms with Crippen LogP contribution in [0.2, 0.25) is 0 Å². The number of aryl methyl sites for hydroxylation is 1. The van der Waals surface area contributed by atoms with Gasteiger partial charge >= 0.3 is 0 Å². The summed E-state index contributed by atoms with van der Waals surface area (Å²) in [6.07, 6.45) is 21.8. The summed E-state index contributed by atoms with van der Waals surface area (Å²) in [5.74, 6) is 0.254. The van der Waals surface area contributed by atoms with Crippen LogP contribution in [0.15, 0.2) is 30.4 Å². The molecule has 33 heavy (non-hydrogen) atoms. The fourth-order valence-electron chi connectivity index (χ4n) is 5.44. The molecule has 0 aromatic heterocycles. The lowest BCUT2D eigenvalue weighted by Crippen LogP contribution is -2.23. The fraction of sp³-hybridized carbons (Fsp3) is 0.667. The van der Waals surface area contributed by atoms with E-state index in [0.717, 1.165) is 63.0 Å². The summed E-state index contributed by atoms with van der Waals surface area (Å²) < 4.78 is 35.7. The van der Waals surface area contributed by atoms with Gasteiger partial charge in [0.25, 0.3) is 0 Å². The highest BCUT2D eigenvalue weighted by atomic mass is 19.2. The maximum absolute atomic E-state index is 14.8. The van der Waals surface area contributed by atoms with Crippen molar-refractivity contribution in [1.82, 2.24) is 0 Å². The molecule has 0 aliphatic heterocycles. The first-order valence-corrected chi connectivity index (χ1v) is 13.5. The normalized spacial score (nSPS) is 23.8. The third-order valence-corrected chi connectivity index (χ3v) is 7.68. The van der Waals surface area contributed by atoms with Crippen molar-refractivity contribution < 1.29 is 13.5 Å². The van der Waals surface area contributed by atoms with Crippen molar-refractivity contribution in [2.45, 2.75) is 110 Å².